The van der Waals surface area contributed by atoms with Crippen LogP contribution in [0.5, 0.6) is 0 Å². The minimum atomic E-state index is -0.681. The Morgan fingerprint density at radius 3 is 1.50 bits per heavy atom. The number of carboxylic acid groups (broad SMARTS) is 2. The first-order valence-corrected chi connectivity index (χ1v) is 16.8. The second-order valence-electron chi connectivity index (χ2n) is 12.3. The van der Waals surface area contributed by atoms with E-state index in [1.54, 1.807) is 0 Å². The van der Waals surface area contributed by atoms with Gasteiger partial charge in [-0.15, -0.1) is 0 Å². The monoisotopic (exact) mass is 538 g/mol. The molecule has 0 fully saturated rings. The molecule has 38 heavy (non-hydrogen) atoms. The number of hydrogen-bond donors (Lipinski definition) is 2. The lowest BCUT2D eigenvalue weighted by Gasteiger charge is -2.41. The van der Waals surface area contributed by atoms with Crippen LogP contribution in [0.3, 0.4) is 0 Å². The van der Waals surface area contributed by atoms with Gasteiger partial charge < -0.3 is 10.2 Å². The van der Waals surface area contributed by atoms with E-state index in [9.17, 15) is 14.7 Å². The maximum Gasteiger partial charge on any atom is 0.309 e. The van der Waals surface area contributed by atoms with E-state index in [2.05, 4.69) is 34.6 Å². The highest BCUT2D eigenvalue weighted by Gasteiger charge is 2.45. The van der Waals surface area contributed by atoms with E-state index in [0.717, 1.165) is 57.8 Å². The van der Waals surface area contributed by atoms with E-state index in [1.165, 1.54) is 83.5 Å². The van der Waals surface area contributed by atoms with Gasteiger partial charge in [-0.1, -0.05) is 144 Å². The highest BCUT2D eigenvalue weighted by Crippen LogP contribution is 2.46. The second-order valence-corrected chi connectivity index (χ2v) is 12.3. The lowest BCUT2D eigenvalue weighted by atomic mass is 9.62. The Balaban J connectivity index is 5.00. The molecule has 0 radical (unpaired) electrons. The van der Waals surface area contributed by atoms with Crippen molar-refractivity contribution in [2.24, 2.45) is 23.2 Å². The summed E-state index contributed by atoms with van der Waals surface area (Å²) in [5, 5.41) is 19.4. The maximum absolute atomic E-state index is 13.0. The lowest BCUT2D eigenvalue weighted by molar-refractivity contribution is -0.156. The minimum Gasteiger partial charge on any atom is -0.481 e. The normalized spacial score (nSPS) is 15.6. The molecule has 0 spiro atoms. The molecule has 226 valence electrons. The van der Waals surface area contributed by atoms with E-state index in [1.807, 2.05) is 0 Å². The molecule has 2 N–H and O–H groups in total. The van der Waals surface area contributed by atoms with Crippen molar-refractivity contribution in [3.8, 4) is 0 Å². The molecule has 0 saturated heterocycles. The fourth-order valence-electron chi connectivity index (χ4n) is 6.56. The number of unbranched alkanes of at least 4 members (excludes halogenated alkanes) is 11. The van der Waals surface area contributed by atoms with Crippen LogP contribution in [0.2, 0.25) is 0 Å². The molecule has 0 amide bonds. The van der Waals surface area contributed by atoms with Crippen molar-refractivity contribution in [2.45, 2.75) is 182 Å². The predicted octanol–water partition coefficient (Wildman–Crippen LogP) is 11.1. The van der Waals surface area contributed by atoms with Crippen molar-refractivity contribution in [1.82, 2.24) is 0 Å². The molecule has 0 bridgehead atoms. The maximum atomic E-state index is 13.0. The van der Waals surface area contributed by atoms with E-state index in [4.69, 9.17) is 5.11 Å². The van der Waals surface area contributed by atoms with Gasteiger partial charge in [0.1, 0.15) is 0 Å². The molecule has 0 aliphatic rings. The largest absolute Gasteiger partial charge is 0.481 e. The molecule has 4 atom stereocenters. The number of aliphatic carboxylic acids is 2. The number of rotatable bonds is 28. The summed E-state index contributed by atoms with van der Waals surface area (Å²) >= 11 is 0. The van der Waals surface area contributed by atoms with Gasteiger partial charge in [-0.3, -0.25) is 9.59 Å². The molecule has 0 aliphatic heterocycles. The van der Waals surface area contributed by atoms with Gasteiger partial charge in [0.15, 0.2) is 0 Å². The van der Waals surface area contributed by atoms with Crippen LogP contribution in [0.15, 0.2) is 0 Å². The van der Waals surface area contributed by atoms with Gasteiger partial charge in [0, 0.05) is 6.42 Å². The van der Waals surface area contributed by atoms with Crippen LogP contribution in [-0.2, 0) is 9.59 Å². The van der Waals surface area contributed by atoms with Gasteiger partial charge in [0.05, 0.1) is 5.41 Å². The fourth-order valence-corrected chi connectivity index (χ4v) is 6.56. The highest BCUT2D eigenvalue weighted by molar-refractivity contribution is 5.75. The number of carbonyl (C=O) groups is 2. The van der Waals surface area contributed by atoms with Gasteiger partial charge in [0.25, 0.3) is 0 Å². The summed E-state index contributed by atoms with van der Waals surface area (Å²) in [6.07, 6.45) is 25.2. The molecule has 0 aliphatic carbocycles. The highest BCUT2D eigenvalue weighted by atomic mass is 16.4. The molecule has 0 aromatic rings. The topological polar surface area (TPSA) is 74.6 Å². The summed E-state index contributed by atoms with van der Waals surface area (Å²) in [5.74, 6) is 0.242. The summed E-state index contributed by atoms with van der Waals surface area (Å²) in [6.45, 7) is 11.2. The quantitative estimate of drug-likeness (QED) is 0.0971. The summed E-state index contributed by atoms with van der Waals surface area (Å²) in [6, 6.07) is 0. The molecule has 0 saturated carbocycles. The van der Waals surface area contributed by atoms with E-state index in [-0.39, 0.29) is 5.92 Å². The van der Waals surface area contributed by atoms with Crippen LogP contribution in [0.25, 0.3) is 0 Å². The van der Waals surface area contributed by atoms with E-state index >= 15 is 0 Å². The van der Waals surface area contributed by atoms with Crippen molar-refractivity contribution in [3.63, 3.8) is 0 Å². The number of carboxylic acids is 2. The van der Waals surface area contributed by atoms with E-state index in [0.29, 0.717) is 18.3 Å². The van der Waals surface area contributed by atoms with Crippen molar-refractivity contribution in [2.75, 3.05) is 0 Å². The average Bonchev–Trinajstić information content (AvgIpc) is 2.90. The van der Waals surface area contributed by atoms with E-state index < -0.39 is 17.4 Å². The van der Waals surface area contributed by atoms with Crippen LogP contribution in [0.1, 0.15) is 182 Å². The first-order valence-electron chi connectivity index (χ1n) is 16.8. The lowest BCUT2D eigenvalue weighted by Crippen LogP contribution is -2.41. The third-order valence-corrected chi connectivity index (χ3v) is 9.39. The Morgan fingerprint density at radius 1 is 0.605 bits per heavy atom. The van der Waals surface area contributed by atoms with Crippen LogP contribution in [0, 0.1) is 23.2 Å². The summed E-state index contributed by atoms with van der Waals surface area (Å²) in [5.41, 5.74) is -0.575. The third-order valence-electron chi connectivity index (χ3n) is 9.39. The zero-order chi connectivity index (χ0) is 28.7. The Morgan fingerprint density at radius 2 is 1.08 bits per heavy atom. The Bertz CT molecular complexity index is 575. The standard InChI is InChI=1S/C34H66O4/c1-6-11-23-29(8-3)27-31(34(10-5,33(37)38)28-30(9-4)24-12-7-2)25-21-19-17-15-13-14-16-18-20-22-26-32(35)36/h29-31H,6-28H2,1-5H3,(H,35,36)(H,37,38). The molecular formula is C34H66O4. The second kappa shape index (κ2) is 23.8. The minimum absolute atomic E-state index is 0.285. The van der Waals surface area contributed by atoms with Crippen molar-refractivity contribution in [1.29, 1.82) is 0 Å². The average molecular weight is 539 g/mol. The van der Waals surface area contributed by atoms with Crippen molar-refractivity contribution < 1.29 is 19.8 Å². The Kier molecular flexibility index (Phi) is 23.1. The summed E-state index contributed by atoms with van der Waals surface area (Å²) in [4.78, 5) is 23.6. The summed E-state index contributed by atoms with van der Waals surface area (Å²) < 4.78 is 0. The third kappa shape index (κ3) is 16.1. The molecule has 4 heteroatoms. The SMILES string of the molecule is CCCCC(CC)CC(CCCCCCCCCCCCC(=O)O)C(CC)(CC(CC)CCCC)C(=O)O. The fraction of sp³-hybridized carbons (Fsp3) is 0.941. The van der Waals surface area contributed by atoms with Gasteiger partial charge in [-0.25, -0.2) is 0 Å². The molecule has 4 unspecified atom stereocenters. The van der Waals surface area contributed by atoms with Gasteiger partial charge in [-0.2, -0.15) is 0 Å². The van der Waals surface area contributed by atoms with Crippen LogP contribution < -0.4 is 0 Å². The van der Waals surface area contributed by atoms with Crippen molar-refractivity contribution >= 4 is 11.9 Å². The number of hydrogen-bond acceptors (Lipinski definition) is 2. The molecule has 0 aromatic heterocycles. The molecule has 0 heterocycles. The molecular weight excluding hydrogens is 472 g/mol. The first kappa shape index (κ1) is 36.9. The van der Waals surface area contributed by atoms with Crippen LogP contribution in [0.4, 0.5) is 0 Å². The van der Waals surface area contributed by atoms with Crippen LogP contribution in [-0.4, -0.2) is 22.2 Å². The van der Waals surface area contributed by atoms with Gasteiger partial charge in [-0.05, 0) is 49.9 Å². The first-order chi connectivity index (χ1) is 18.3. The van der Waals surface area contributed by atoms with Gasteiger partial charge >= 0.3 is 11.9 Å². The predicted molar refractivity (Wildman–Crippen MR) is 163 cm³/mol. The molecule has 0 aromatic carbocycles. The zero-order valence-corrected chi connectivity index (χ0v) is 26.2. The smallest absolute Gasteiger partial charge is 0.309 e. The van der Waals surface area contributed by atoms with Crippen LogP contribution >= 0.6 is 0 Å². The molecule has 4 nitrogen and oxygen atoms in total. The Labute approximate surface area is 237 Å². The zero-order valence-electron chi connectivity index (χ0n) is 26.2. The summed E-state index contributed by atoms with van der Waals surface area (Å²) in [7, 11) is 0. The van der Waals surface area contributed by atoms with Gasteiger partial charge in [0.2, 0.25) is 0 Å². The Hall–Kier alpha value is -1.06. The molecule has 0 rings (SSSR count). The van der Waals surface area contributed by atoms with Crippen molar-refractivity contribution in [3.05, 3.63) is 0 Å².